The highest BCUT2D eigenvalue weighted by atomic mass is 32.2. The van der Waals surface area contributed by atoms with Gasteiger partial charge in [0.2, 0.25) is 0 Å². The highest BCUT2D eigenvalue weighted by Crippen LogP contribution is 2.41. The van der Waals surface area contributed by atoms with Crippen molar-refractivity contribution >= 4 is 15.9 Å². The minimum atomic E-state index is -3.35. The van der Waals surface area contributed by atoms with Crippen LogP contribution in [0.25, 0.3) is 0 Å². The zero-order valence-electron chi connectivity index (χ0n) is 20.3. The first-order valence-corrected chi connectivity index (χ1v) is 13.1. The Kier molecular flexibility index (Phi) is 6.87. The van der Waals surface area contributed by atoms with Crippen LogP contribution in [-0.2, 0) is 32.2 Å². The highest BCUT2D eigenvalue weighted by Gasteiger charge is 2.57. The molecule has 2 aliphatic rings. The van der Waals surface area contributed by atoms with Gasteiger partial charge in [-0.2, -0.15) is 0 Å². The fraction of sp³-hybridized carbons (Fsp3) is 0.708. The van der Waals surface area contributed by atoms with Crippen molar-refractivity contribution in [1.82, 2.24) is 4.90 Å². The van der Waals surface area contributed by atoms with Crippen molar-refractivity contribution < 1.29 is 27.4 Å². The van der Waals surface area contributed by atoms with Crippen LogP contribution in [0.4, 0.5) is 4.79 Å². The molecule has 0 spiro atoms. The van der Waals surface area contributed by atoms with Crippen molar-refractivity contribution in [3.05, 3.63) is 29.3 Å². The van der Waals surface area contributed by atoms with Gasteiger partial charge in [0, 0.05) is 5.92 Å². The lowest BCUT2D eigenvalue weighted by Gasteiger charge is -2.37. The molecule has 0 aromatic heterocycles. The molecule has 1 aromatic carbocycles. The lowest BCUT2D eigenvalue weighted by molar-refractivity contribution is -0.0872. The molecule has 0 saturated carbocycles. The zero-order chi connectivity index (χ0) is 23.9. The number of hydrogen-bond donors (Lipinski definition) is 0. The minimum absolute atomic E-state index is 0.0432. The van der Waals surface area contributed by atoms with E-state index >= 15 is 0 Å². The Hall–Kier alpha value is -1.80. The van der Waals surface area contributed by atoms with Gasteiger partial charge in [-0.05, 0) is 64.7 Å². The average Bonchev–Trinajstić information content (AvgIpc) is 2.90. The minimum Gasteiger partial charge on any atom is -0.496 e. The number of nitrogens with zero attached hydrogens (tertiary/aromatic N) is 1. The molecule has 8 heteroatoms. The van der Waals surface area contributed by atoms with E-state index in [0.29, 0.717) is 6.42 Å². The van der Waals surface area contributed by atoms with E-state index in [1.165, 1.54) is 4.90 Å². The number of aryl methyl sites for hydroxylation is 1. The number of hydrogen-bond acceptors (Lipinski definition) is 6. The number of sulfone groups is 1. The third kappa shape index (κ3) is 5.39. The number of methoxy groups -OCH3 is 1. The molecule has 0 unspecified atom stereocenters. The van der Waals surface area contributed by atoms with Crippen molar-refractivity contribution in [3.63, 3.8) is 0 Å². The molecule has 3 rings (SSSR count). The van der Waals surface area contributed by atoms with Gasteiger partial charge in [-0.3, -0.25) is 4.90 Å². The smallest absolute Gasteiger partial charge is 0.412 e. The zero-order valence-corrected chi connectivity index (χ0v) is 21.1. The van der Waals surface area contributed by atoms with Gasteiger partial charge in [0.1, 0.15) is 17.1 Å². The number of fused-ring (bicyclic) bond motifs is 1. The van der Waals surface area contributed by atoms with Gasteiger partial charge in [0.25, 0.3) is 0 Å². The molecular weight excluding hydrogens is 430 g/mol. The molecule has 0 bridgehead atoms. The maximum atomic E-state index is 13.0. The summed E-state index contributed by atoms with van der Waals surface area (Å²) in [6, 6.07) is 5.46. The Balaban J connectivity index is 1.91. The predicted molar refractivity (Wildman–Crippen MR) is 124 cm³/mol. The molecule has 2 heterocycles. The number of ether oxygens (including phenoxy) is 3. The number of rotatable bonds is 5. The Morgan fingerprint density at radius 1 is 1.25 bits per heavy atom. The van der Waals surface area contributed by atoms with Crippen molar-refractivity contribution in [2.45, 2.75) is 84.3 Å². The van der Waals surface area contributed by atoms with Gasteiger partial charge in [-0.15, -0.1) is 0 Å². The molecule has 2 fully saturated rings. The molecule has 0 aliphatic carbocycles. The van der Waals surface area contributed by atoms with E-state index in [4.69, 9.17) is 14.2 Å². The van der Waals surface area contributed by atoms with E-state index in [0.717, 1.165) is 29.7 Å². The largest absolute Gasteiger partial charge is 0.496 e. The van der Waals surface area contributed by atoms with Gasteiger partial charge in [-0.25, -0.2) is 13.2 Å². The van der Waals surface area contributed by atoms with Crippen LogP contribution in [0.3, 0.4) is 0 Å². The Labute approximate surface area is 192 Å². The molecule has 3 atom stereocenters. The number of benzene rings is 1. The summed E-state index contributed by atoms with van der Waals surface area (Å²) in [5.41, 5.74) is 0.526. The van der Waals surface area contributed by atoms with Crippen LogP contribution in [0.2, 0.25) is 0 Å². The van der Waals surface area contributed by atoms with Crippen LogP contribution in [0.1, 0.15) is 59.1 Å². The summed E-state index contributed by atoms with van der Waals surface area (Å²) < 4.78 is 43.2. The Bertz CT molecular complexity index is 950. The predicted octanol–water partition coefficient (Wildman–Crippen LogP) is 3.98. The van der Waals surface area contributed by atoms with E-state index in [9.17, 15) is 13.2 Å². The average molecular weight is 468 g/mol. The molecule has 32 heavy (non-hydrogen) atoms. The maximum absolute atomic E-state index is 13.0. The first-order chi connectivity index (χ1) is 14.8. The standard InChI is InChI=1S/C24H37NO6S/c1-8-9-17-12-16(10-11-20(17)29-7)13-18-14-32(27,28)15-19-21(18)30-24(5,6)25(19)22(26)31-23(2,3)4/h10-12,18-19,21H,8-9,13-15H2,1-7H3/t18-,19+,21+/m1/s1. The lowest BCUT2D eigenvalue weighted by Crippen LogP contribution is -2.55. The summed E-state index contributed by atoms with van der Waals surface area (Å²) in [5, 5.41) is 0. The molecular formula is C24H37NO6S. The monoisotopic (exact) mass is 467 g/mol. The molecule has 0 radical (unpaired) electrons. The van der Waals surface area contributed by atoms with Crippen molar-refractivity contribution in [2.24, 2.45) is 5.92 Å². The first-order valence-electron chi connectivity index (χ1n) is 11.3. The molecule has 1 amide bonds. The highest BCUT2D eigenvalue weighted by molar-refractivity contribution is 7.91. The molecule has 0 N–H and O–H groups in total. The number of carbonyl (C=O) groups excluding carboxylic acids is 1. The maximum Gasteiger partial charge on any atom is 0.412 e. The summed E-state index contributed by atoms with van der Waals surface area (Å²) in [4.78, 5) is 14.5. The SMILES string of the molecule is CCCc1cc(C[C@@H]2CS(=O)(=O)C[C@H]3[C@H]2OC(C)(C)N3C(=O)OC(C)(C)C)ccc1OC. The molecule has 2 aliphatic heterocycles. The Morgan fingerprint density at radius 2 is 1.94 bits per heavy atom. The summed E-state index contributed by atoms with van der Waals surface area (Å²) >= 11 is 0. The fourth-order valence-corrected chi connectivity index (χ4v) is 6.87. The normalized spacial score (nSPS) is 26.5. The van der Waals surface area contributed by atoms with Gasteiger partial charge in [-0.1, -0.05) is 25.5 Å². The summed E-state index contributed by atoms with van der Waals surface area (Å²) in [7, 11) is -1.69. The van der Waals surface area contributed by atoms with Gasteiger partial charge in [0.05, 0.1) is 30.8 Å². The molecule has 2 saturated heterocycles. The molecule has 180 valence electrons. The van der Waals surface area contributed by atoms with Crippen LogP contribution in [0.15, 0.2) is 18.2 Å². The van der Waals surface area contributed by atoms with E-state index in [-0.39, 0.29) is 23.5 Å². The third-order valence-electron chi connectivity index (χ3n) is 6.03. The van der Waals surface area contributed by atoms with Crippen molar-refractivity contribution in [3.8, 4) is 5.75 Å². The quantitative estimate of drug-likeness (QED) is 0.652. The van der Waals surface area contributed by atoms with Crippen LogP contribution in [0.5, 0.6) is 5.75 Å². The summed E-state index contributed by atoms with van der Waals surface area (Å²) in [6.07, 6.45) is 1.52. The van der Waals surface area contributed by atoms with Crippen molar-refractivity contribution in [2.75, 3.05) is 18.6 Å². The van der Waals surface area contributed by atoms with Crippen LogP contribution >= 0.6 is 0 Å². The van der Waals surface area contributed by atoms with Crippen LogP contribution in [0, 0.1) is 5.92 Å². The Morgan fingerprint density at radius 3 is 2.53 bits per heavy atom. The summed E-state index contributed by atoms with van der Waals surface area (Å²) in [6.45, 7) is 11.1. The van der Waals surface area contributed by atoms with E-state index in [1.54, 1.807) is 41.7 Å². The van der Waals surface area contributed by atoms with E-state index in [1.807, 2.05) is 12.1 Å². The second-order valence-electron chi connectivity index (χ2n) is 10.4. The van der Waals surface area contributed by atoms with Crippen LogP contribution < -0.4 is 4.74 Å². The van der Waals surface area contributed by atoms with E-state index in [2.05, 4.69) is 13.0 Å². The number of carbonyl (C=O) groups is 1. The van der Waals surface area contributed by atoms with Gasteiger partial charge >= 0.3 is 6.09 Å². The van der Waals surface area contributed by atoms with Crippen LogP contribution in [-0.4, -0.2) is 61.5 Å². The first kappa shape index (κ1) is 24.8. The number of amides is 1. The second-order valence-corrected chi connectivity index (χ2v) is 12.5. The third-order valence-corrected chi connectivity index (χ3v) is 7.81. The van der Waals surface area contributed by atoms with Crippen molar-refractivity contribution in [1.29, 1.82) is 0 Å². The lowest BCUT2D eigenvalue weighted by atomic mass is 9.90. The second kappa shape index (κ2) is 8.86. The van der Waals surface area contributed by atoms with Gasteiger partial charge < -0.3 is 14.2 Å². The summed E-state index contributed by atoms with van der Waals surface area (Å²) in [5.74, 6) is 0.523. The molecule has 1 aromatic rings. The van der Waals surface area contributed by atoms with Gasteiger partial charge in [0.15, 0.2) is 9.84 Å². The van der Waals surface area contributed by atoms with E-state index < -0.39 is 33.3 Å². The molecule has 7 nitrogen and oxygen atoms in total. The topological polar surface area (TPSA) is 82.1 Å². The fourth-order valence-electron chi connectivity index (χ4n) is 4.91.